The summed E-state index contributed by atoms with van der Waals surface area (Å²) in [6.45, 7) is 4.84. The Hall–Kier alpha value is -0.800. The minimum Gasteiger partial charge on any atom is -0.494 e. The van der Waals surface area contributed by atoms with E-state index in [-0.39, 0.29) is 4.83 Å². The molecule has 2 aromatic rings. The van der Waals surface area contributed by atoms with Gasteiger partial charge in [0, 0.05) is 9.75 Å². The van der Waals surface area contributed by atoms with Crippen LogP contribution < -0.4 is 4.74 Å². The first-order chi connectivity index (χ1) is 8.20. The van der Waals surface area contributed by atoms with Crippen LogP contribution in [0.25, 0.3) is 0 Å². The Balaban J connectivity index is 2.16. The first kappa shape index (κ1) is 12.7. The van der Waals surface area contributed by atoms with Gasteiger partial charge in [-0.05, 0) is 43.7 Å². The molecule has 2 rings (SSSR count). The van der Waals surface area contributed by atoms with Crippen molar-refractivity contribution in [1.29, 1.82) is 0 Å². The second kappa shape index (κ2) is 5.69. The molecular weight excluding hydrogens is 296 g/mol. The van der Waals surface area contributed by atoms with Gasteiger partial charge >= 0.3 is 0 Å². The number of alkyl halides is 1. The van der Waals surface area contributed by atoms with E-state index in [0.717, 1.165) is 5.75 Å². The number of hydrogen-bond acceptors (Lipinski definition) is 2. The van der Waals surface area contributed by atoms with Crippen molar-refractivity contribution in [2.45, 2.75) is 18.7 Å². The molecule has 1 aromatic heterocycles. The van der Waals surface area contributed by atoms with E-state index in [2.05, 4.69) is 47.1 Å². The molecule has 90 valence electrons. The van der Waals surface area contributed by atoms with Gasteiger partial charge in [-0.2, -0.15) is 0 Å². The lowest BCUT2D eigenvalue weighted by Gasteiger charge is -2.09. The Labute approximate surface area is 115 Å². The highest BCUT2D eigenvalue weighted by Crippen LogP contribution is 2.35. The van der Waals surface area contributed by atoms with Crippen molar-refractivity contribution in [2.24, 2.45) is 0 Å². The smallest absolute Gasteiger partial charge is 0.119 e. The number of benzene rings is 1. The van der Waals surface area contributed by atoms with Crippen LogP contribution in [0.15, 0.2) is 36.4 Å². The van der Waals surface area contributed by atoms with E-state index in [9.17, 15) is 0 Å². The zero-order valence-corrected chi connectivity index (χ0v) is 12.3. The highest BCUT2D eigenvalue weighted by Gasteiger charge is 2.11. The SMILES string of the molecule is CCOc1ccc(C(Br)c2ccc(C)s2)cc1. The van der Waals surface area contributed by atoms with E-state index in [1.54, 1.807) is 0 Å². The predicted octanol–water partition coefficient (Wildman–Crippen LogP) is 4.94. The number of thiophene rings is 1. The molecule has 0 saturated heterocycles. The van der Waals surface area contributed by atoms with Crippen molar-refractivity contribution in [2.75, 3.05) is 6.61 Å². The lowest BCUT2D eigenvalue weighted by Crippen LogP contribution is -1.93. The summed E-state index contributed by atoms with van der Waals surface area (Å²) in [5.74, 6) is 0.929. The Bertz CT molecular complexity index is 475. The van der Waals surface area contributed by atoms with Gasteiger partial charge in [-0.1, -0.05) is 28.1 Å². The van der Waals surface area contributed by atoms with E-state index in [1.165, 1.54) is 15.3 Å². The number of hydrogen-bond donors (Lipinski definition) is 0. The van der Waals surface area contributed by atoms with E-state index in [1.807, 2.05) is 30.4 Å². The van der Waals surface area contributed by atoms with E-state index < -0.39 is 0 Å². The van der Waals surface area contributed by atoms with Gasteiger partial charge in [0.1, 0.15) is 5.75 Å². The average molecular weight is 311 g/mol. The van der Waals surface area contributed by atoms with Gasteiger partial charge in [-0.15, -0.1) is 11.3 Å². The normalized spacial score (nSPS) is 12.4. The lowest BCUT2D eigenvalue weighted by molar-refractivity contribution is 0.340. The molecule has 0 bridgehead atoms. The van der Waals surface area contributed by atoms with Crippen molar-refractivity contribution < 1.29 is 4.74 Å². The summed E-state index contributed by atoms with van der Waals surface area (Å²) in [5, 5.41) is 0. The molecule has 0 aliphatic carbocycles. The second-order valence-corrected chi connectivity index (χ2v) is 6.05. The Morgan fingerprint density at radius 2 is 1.88 bits per heavy atom. The second-order valence-electron chi connectivity index (χ2n) is 3.81. The van der Waals surface area contributed by atoms with Crippen LogP contribution in [0.4, 0.5) is 0 Å². The summed E-state index contributed by atoms with van der Waals surface area (Å²) in [6.07, 6.45) is 0. The number of rotatable bonds is 4. The Morgan fingerprint density at radius 3 is 2.41 bits per heavy atom. The summed E-state index contributed by atoms with van der Waals surface area (Å²) in [5.41, 5.74) is 1.26. The third-order valence-electron chi connectivity index (χ3n) is 2.49. The fourth-order valence-electron chi connectivity index (χ4n) is 1.65. The van der Waals surface area contributed by atoms with Crippen LogP contribution in [-0.2, 0) is 0 Å². The monoisotopic (exact) mass is 310 g/mol. The van der Waals surface area contributed by atoms with Gasteiger partial charge in [-0.25, -0.2) is 0 Å². The first-order valence-electron chi connectivity index (χ1n) is 5.64. The molecule has 0 aliphatic heterocycles. The molecule has 1 atom stereocenters. The zero-order valence-electron chi connectivity index (χ0n) is 9.94. The van der Waals surface area contributed by atoms with Crippen molar-refractivity contribution in [3.8, 4) is 5.75 Å². The molecule has 0 saturated carbocycles. The predicted molar refractivity (Wildman–Crippen MR) is 77.4 cm³/mol. The Kier molecular flexibility index (Phi) is 4.24. The van der Waals surface area contributed by atoms with Crippen molar-refractivity contribution in [3.05, 3.63) is 51.7 Å². The molecule has 0 spiro atoms. The number of halogens is 1. The third-order valence-corrected chi connectivity index (χ3v) is 4.89. The molecule has 1 aromatic carbocycles. The first-order valence-corrected chi connectivity index (χ1v) is 7.37. The summed E-state index contributed by atoms with van der Waals surface area (Å²) in [7, 11) is 0. The van der Waals surface area contributed by atoms with E-state index in [4.69, 9.17) is 4.74 Å². The summed E-state index contributed by atoms with van der Waals surface area (Å²) in [4.78, 5) is 2.96. The molecule has 0 aliphatic rings. The summed E-state index contributed by atoms with van der Waals surface area (Å²) >= 11 is 5.57. The van der Waals surface area contributed by atoms with Crippen molar-refractivity contribution in [1.82, 2.24) is 0 Å². The van der Waals surface area contributed by atoms with Gasteiger partial charge in [0.15, 0.2) is 0 Å². The molecule has 0 radical (unpaired) electrons. The van der Waals surface area contributed by atoms with Gasteiger partial charge in [-0.3, -0.25) is 0 Å². The van der Waals surface area contributed by atoms with E-state index >= 15 is 0 Å². The number of ether oxygens (including phenoxy) is 1. The average Bonchev–Trinajstić information content (AvgIpc) is 2.76. The molecule has 1 nitrogen and oxygen atoms in total. The topological polar surface area (TPSA) is 9.23 Å². The van der Waals surface area contributed by atoms with Crippen molar-refractivity contribution >= 4 is 27.3 Å². The van der Waals surface area contributed by atoms with Crippen LogP contribution >= 0.6 is 27.3 Å². The highest BCUT2D eigenvalue weighted by atomic mass is 79.9. The molecule has 1 heterocycles. The largest absolute Gasteiger partial charge is 0.494 e. The molecule has 1 unspecified atom stereocenters. The minimum absolute atomic E-state index is 0.275. The van der Waals surface area contributed by atoms with Crippen LogP contribution in [-0.4, -0.2) is 6.61 Å². The summed E-state index contributed by atoms with van der Waals surface area (Å²) in [6, 6.07) is 12.6. The van der Waals surface area contributed by atoms with Gasteiger partial charge < -0.3 is 4.74 Å². The summed E-state index contributed by atoms with van der Waals surface area (Å²) < 4.78 is 5.44. The Morgan fingerprint density at radius 1 is 1.18 bits per heavy atom. The molecular formula is C14H15BrOS. The lowest BCUT2D eigenvalue weighted by atomic mass is 10.1. The van der Waals surface area contributed by atoms with Crippen LogP contribution in [0.1, 0.15) is 27.1 Å². The zero-order chi connectivity index (χ0) is 12.3. The molecule has 17 heavy (non-hydrogen) atoms. The fraction of sp³-hybridized carbons (Fsp3) is 0.286. The van der Waals surface area contributed by atoms with Crippen LogP contribution in [0.2, 0.25) is 0 Å². The third kappa shape index (κ3) is 3.11. The maximum atomic E-state index is 5.44. The minimum atomic E-state index is 0.275. The van der Waals surface area contributed by atoms with Gasteiger partial charge in [0.2, 0.25) is 0 Å². The molecule has 0 fully saturated rings. The van der Waals surface area contributed by atoms with Gasteiger partial charge in [0.25, 0.3) is 0 Å². The maximum Gasteiger partial charge on any atom is 0.119 e. The number of aryl methyl sites for hydroxylation is 1. The van der Waals surface area contributed by atoms with Crippen molar-refractivity contribution in [3.63, 3.8) is 0 Å². The molecule has 0 amide bonds. The maximum absolute atomic E-state index is 5.44. The highest BCUT2D eigenvalue weighted by molar-refractivity contribution is 9.09. The standard InChI is InChI=1S/C14H15BrOS/c1-3-16-12-7-5-11(6-8-12)14(15)13-9-4-10(2)17-13/h4-9,14H,3H2,1-2H3. The fourth-order valence-corrected chi connectivity index (χ4v) is 3.28. The van der Waals surface area contributed by atoms with Crippen LogP contribution in [0, 0.1) is 6.92 Å². The van der Waals surface area contributed by atoms with Crippen LogP contribution in [0.3, 0.4) is 0 Å². The van der Waals surface area contributed by atoms with Gasteiger partial charge in [0.05, 0.1) is 11.4 Å². The quantitative estimate of drug-likeness (QED) is 0.727. The van der Waals surface area contributed by atoms with E-state index in [0.29, 0.717) is 6.61 Å². The molecule has 3 heteroatoms. The molecule has 0 N–H and O–H groups in total. The van der Waals surface area contributed by atoms with Crippen LogP contribution in [0.5, 0.6) is 5.75 Å².